The summed E-state index contributed by atoms with van der Waals surface area (Å²) in [5.74, 6) is -1.73. The number of nitrogens with two attached hydrogens (primary N) is 1. The fourth-order valence-corrected chi connectivity index (χ4v) is 4.06. The van der Waals surface area contributed by atoms with Gasteiger partial charge in [0.1, 0.15) is 11.9 Å². The van der Waals surface area contributed by atoms with Crippen LogP contribution in [0, 0.1) is 0 Å². The molecule has 1 amide bonds. The van der Waals surface area contributed by atoms with Crippen LogP contribution in [0.4, 0.5) is 5.82 Å². The Balaban J connectivity index is 1.58. The van der Waals surface area contributed by atoms with Crippen molar-refractivity contribution >= 4 is 51.8 Å². The van der Waals surface area contributed by atoms with Gasteiger partial charge in [-0.1, -0.05) is 41.4 Å². The molecule has 0 saturated heterocycles. The van der Waals surface area contributed by atoms with E-state index in [0.717, 1.165) is 10.9 Å². The van der Waals surface area contributed by atoms with Gasteiger partial charge in [-0.25, -0.2) is 14.8 Å². The normalized spacial score (nSPS) is 11.8. The number of hydrogen-bond acceptors (Lipinski definition) is 5. The first kappa shape index (κ1) is 22.5. The summed E-state index contributed by atoms with van der Waals surface area (Å²) >= 11 is 12.6. The number of carbonyl (C=O) groups excluding carboxylic acids is 1. The first-order chi connectivity index (χ1) is 15.8. The Morgan fingerprint density at radius 3 is 2.48 bits per heavy atom. The second kappa shape index (κ2) is 9.44. The number of fused-ring (bicyclic) bond motifs is 1. The molecular formula is C24H18Cl2N4O3. The zero-order valence-electron chi connectivity index (χ0n) is 17.1. The van der Waals surface area contributed by atoms with E-state index in [1.807, 2.05) is 12.1 Å². The molecule has 0 saturated carbocycles. The number of benzene rings is 2. The van der Waals surface area contributed by atoms with E-state index in [2.05, 4.69) is 15.3 Å². The second-order valence-electron chi connectivity index (χ2n) is 7.32. The molecule has 9 heteroatoms. The molecule has 4 aromatic rings. The Hall–Kier alpha value is -3.68. The molecule has 33 heavy (non-hydrogen) atoms. The number of halogens is 2. The zero-order chi connectivity index (χ0) is 23.5. The highest BCUT2D eigenvalue weighted by Gasteiger charge is 2.22. The maximum atomic E-state index is 12.5. The minimum Gasteiger partial charge on any atom is -0.480 e. The Morgan fingerprint density at radius 1 is 1.03 bits per heavy atom. The lowest BCUT2D eigenvalue weighted by Gasteiger charge is -2.15. The van der Waals surface area contributed by atoms with Gasteiger partial charge in [-0.15, -0.1) is 0 Å². The summed E-state index contributed by atoms with van der Waals surface area (Å²) in [5.41, 5.74) is 8.55. The monoisotopic (exact) mass is 480 g/mol. The van der Waals surface area contributed by atoms with Gasteiger partial charge in [0.15, 0.2) is 0 Å². The topological polar surface area (TPSA) is 118 Å². The van der Waals surface area contributed by atoms with Gasteiger partial charge in [0.25, 0.3) is 5.91 Å². The third-order valence-corrected chi connectivity index (χ3v) is 5.73. The van der Waals surface area contributed by atoms with Gasteiger partial charge in [0, 0.05) is 23.6 Å². The Kier molecular flexibility index (Phi) is 6.44. The number of anilines is 1. The molecule has 0 bridgehead atoms. The Labute approximate surface area is 199 Å². The van der Waals surface area contributed by atoms with Crippen LogP contribution < -0.4 is 11.1 Å². The number of rotatable bonds is 6. The zero-order valence-corrected chi connectivity index (χ0v) is 18.6. The third-order valence-electron chi connectivity index (χ3n) is 5.10. The molecule has 2 aromatic heterocycles. The molecule has 0 unspecified atom stereocenters. The highest BCUT2D eigenvalue weighted by atomic mass is 35.5. The van der Waals surface area contributed by atoms with Crippen LogP contribution in [0.25, 0.3) is 22.2 Å². The first-order valence-electron chi connectivity index (χ1n) is 9.91. The summed E-state index contributed by atoms with van der Waals surface area (Å²) < 4.78 is 0. The molecule has 4 N–H and O–H groups in total. The van der Waals surface area contributed by atoms with Gasteiger partial charge in [-0.05, 0) is 48.0 Å². The first-order valence-corrected chi connectivity index (χ1v) is 10.7. The number of amides is 1. The largest absolute Gasteiger partial charge is 0.480 e. The number of aliphatic carboxylic acids is 1. The number of pyridine rings is 2. The number of aromatic nitrogens is 2. The summed E-state index contributed by atoms with van der Waals surface area (Å²) in [6.45, 7) is 0. The van der Waals surface area contributed by atoms with E-state index in [1.54, 1.807) is 42.5 Å². The molecule has 1 atom stereocenters. The summed E-state index contributed by atoms with van der Waals surface area (Å²) in [6, 6.07) is 16.2. The lowest BCUT2D eigenvalue weighted by Crippen LogP contribution is -2.42. The van der Waals surface area contributed by atoms with Gasteiger partial charge >= 0.3 is 5.97 Å². The number of carboxylic acid groups (broad SMARTS) is 1. The van der Waals surface area contributed by atoms with Crippen LogP contribution in [-0.4, -0.2) is 33.0 Å². The molecule has 0 radical (unpaired) electrons. The van der Waals surface area contributed by atoms with E-state index in [1.165, 1.54) is 12.3 Å². The van der Waals surface area contributed by atoms with E-state index in [9.17, 15) is 14.7 Å². The lowest BCUT2D eigenvalue weighted by molar-refractivity contribution is -0.139. The lowest BCUT2D eigenvalue weighted by atomic mass is 10.0. The van der Waals surface area contributed by atoms with Crippen molar-refractivity contribution in [1.29, 1.82) is 0 Å². The third kappa shape index (κ3) is 4.89. The van der Waals surface area contributed by atoms with E-state index >= 15 is 0 Å². The molecule has 0 aliphatic heterocycles. The number of hydrogen-bond donors (Lipinski definition) is 3. The summed E-state index contributed by atoms with van der Waals surface area (Å²) in [7, 11) is 0. The molecule has 0 spiro atoms. The Bertz CT molecular complexity index is 1360. The van der Waals surface area contributed by atoms with Crippen molar-refractivity contribution in [3.05, 3.63) is 88.0 Å². The summed E-state index contributed by atoms with van der Waals surface area (Å²) in [6.07, 6.45) is 1.53. The SMILES string of the molecule is Nc1ncccc1C(=O)N[C@@H](Cc1ccc2nc(-c3c(Cl)cccc3Cl)ccc2c1)C(=O)O. The average molecular weight is 481 g/mol. The van der Waals surface area contributed by atoms with Gasteiger partial charge in [0.2, 0.25) is 0 Å². The van der Waals surface area contributed by atoms with Gasteiger partial charge < -0.3 is 16.2 Å². The average Bonchev–Trinajstić information content (AvgIpc) is 2.78. The fraction of sp³-hybridized carbons (Fsp3) is 0.0833. The highest BCUT2D eigenvalue weighted by Crippen LogP contribution is 2.34. The van der Waals surface area contributed by atoms with E-state index in [0.29, 0.717) is 26.8 Å². The molecule has 4 rings (SSSR count). The van der Waals surface area contributed by atoms with Crippen LogP contribution >= 0.6 is 23.2 Å². The van der Waals surface area contributed by atoms with Crippen molar-refractivity contribution in [3.8, 4) is 11.3 Å². The van der Waals surface area contributed by atoms with Crippen molar-refractivity contribution in [3.63, 3.8) is 0 Å². The molecule has 0 fully saturated rings. The second-order valence-corrected chi connectivity index (χ2v) is 8.14. The van der Waals surface area contributed by atoms with E-state index < -0.39 is 17.9 Å². The highest BCUT2D eigenvalue weighted by molar-refractivity contribution is 6.39. The number of carbonyl (C=O) groups is 2. The smallest absolute Gasteiger partial charge is 0.326 e. The molecule has 0 aliphatic carbocycles. The quantitative estimate of drug-likeness (QED) is 0.370. The molecule has 2 aromatic carbocycles. The van der Waals surface area contributed by atoms with Crippen LogP contribution in [0.5, 0.6) is 0 Å². The number of nitrogens with zero attached hydrogens (tertiary/aromatic N) is 2. The van der Waals surface area contributed by atoms with Crippen LogP contribution in [0.15, 0.2) is 66.9 Å². The number of nitrogens with one attached hydrogen (secondary N) is 1. The van der Waals surface area contributed by atoms with Crippen LogP contribution in [-0.2, 0) is 11.2 Å². The van der Waals surface area contributed by atoms with Crippen LogP contribution in [0.1, 0.15) is 15.9 Å². The maximum absolute atomic E-state index is 12.5. The number of nitrogen functional groups attached to an aromatic ring is 1. The molecule has 2 heterocycles. The molecule has 7 nitrogen and oxygen atoms in total. The van der Waals surface area contributed by atoms with Crippen molar-refractivity contribution in [2.24, 2.45) is 0 Å². The van der Waals surface area contributed by atoms with Crippen molar-refractivity contribution in [2.75, 3.05) is 5.73 Å². The molecule has 0 aliphatic rings. The molecular weight excluding hydrogens is 463 g/mol. The fourth-order valence-electron chi connectivity index (χ4n) is 3.47. The molecule has 166 valence electrons. The predicted octanol–water partition coefficient (Wildman–Crippen LogP) is 4.61. The minimum atomic E-state index is -1.16. The van der Waals surface area contributed by atoms with Crippen molar-refractivity contribution in [2.45, 2.75) is 12.5 Å². The standard InChI is InChI=1S/C24H18Cl2N4O3/c25-16-4-1-5-17(26)21(16)19-9-7-14-11-13(6-8-18(14)29-19)12-20(24(32)33)30-23(31)15-3-2-10-28-22(15)27/h1-11,20H,12H2,(H2,27,28)(H,30,31)(H,32,33)/t20-/m0/s1. The predicted molar refractivity (Wildman–Crippen MR) is 128 cm³/mol. The van der Waals surface area contributed by atoms with Gasteiger partial charge in [-0.2, -0.15) is 0 Å². The van der Waals surface area contributed by atoms with Crippen molar-refractivity contribution < 1.29 is 14.7 Å². The van der Waals surface area contributed by atoms with Gasteiger partial charge in [-0.3, -0.25) is 4.79 Å². The van der Waals surface area contributed by atoms with Crippen LogP contribution in [0.3, 0.4) is 0 Å². The van der Waals surface area contributed by atoms with E-state index in [-0.39, 0.29) is 17.8 Å². The van der Waals surface area contributed by atoms with Crippen molar-refractivity contribution in [1.82, 2.24) is 15.3 Å². The van der Waals surface area contributed by atoms with Crippen LogP contribution in [0.2, 0.25) is 10.0 Å². The Morgan fingerprint density at radius 2 is 1.79 bits per heavy atom. The summed E-state index contributed by atoms with van der Waals surface area (Å²) in [5, 5.41) is 14.0. The maximum Gasteiger partial charge on any atom is 0.326 e. The van der Waals surface area contributed by atoms with E-state index in [4.69, 9.17) is 28.9 Å². The van der Waals surface area contributed by atoms with Gasteiger partial charge in [0.05, 0.1) is 26.8 Å². The summed E-state index contributed by atoms with van der Waals surface area (Å²) in [4.78, 5) is 32.8. The minimum absolute atomic E-state index is 0.0327. The number of carboxylic acids is 1.